The molecule has 0 radical (unpaired) electrons. The second-order valence-electron chi connectivity index (χ2n) is 5.20. The van der Waals surface area contributed by atoms with Crippen LogP contribution in [0.15, 0.2) is 48.5 Å². The minimum Gasteiger partial charge on any atom is -0.450 e. The van der Waals surface area contributed by atoms with E-state index < -0.39 is 17.9 Å². The topological polar surface area (TPSA) is 96.5 Å². The summed E-state index contributed by atoms with van der Waals surface area (Å²) < 4.78 is 4.76. The number of benzene rings is 2. The molecule has 0 aliphatic carbocycles. The molecule has 0 saturated carbocycles. The molecular formula is C18H19N3O4. The Balaban J connectivity index is 1.89. The molecule has 2 rings (SSSR count). The summed E-state index contributed by atoms with van der Waals surface area (Å²) in [6, 6.07) is 13.1. The summed E-state index contributed by atoms with van der Waals surface area (Å²) in [5.41, 5.74) is 7.01. The standard InChI is InChI=1S/C18H19N3O4/c1-3-25-18(24)19-15-10-8-14(9-11-15)17(23)21-20-16(22)13-6-4-12(2)5-7-13/h4-11H,3H2,1-2H3,(H,19,24)(H,20,22)(H,21,23). The number of amides is 3. The first-order chi connectivity index (χ1) is 12.0. The molecule has 0 aliphatic rings. The molecule has 0 fully saturated rings. The lowest BCUT2D eigenvalue weighted by molar-refractivity contribution is 0.0846. The SMILES string of the molecule is CCOC(=O)Nc1ccc(C(=O)NNC(=O)c2ccc(C)cc2)cc1. The molecule has 0 unspecified atom stereocenters. The van der Waals surface area contributed by atoms with Crippen molar-refractivity contribution >= 4 is 23.6 Å². The van der Waals surface area contributed by atoms with E-state index in [1.54, 1.807) is 31.2 Å². The quantitative estimate of drug-likeness (QED) is 0.745. The largest absolute Gasteiger partial charge is 0.450 e. The normalized spacial score (nSPS) is 9.84. The summed E-state index contributed by atoms with van der Waals surface area (Å²) in [5.74, 6) is -0.878. The molecule has 0 aliphatic heterocycles. The van der Waals surface area contributed by atoms with Gasteiger partial charge in [-0.3, -0.25) is 25.8 Å². The fraction of sp³-hybridized carbons (Fsp3) is 0.167. The number of carbonyl (C=O) groups excluding carboxylic acids is 3. The second kappa shape index (κ2) is 8.49. The van der Waals surface area contributed by atoms with Crippen molar-refractivity contribution in [3.8, 4) is 0 Å². The first-order valence-corrected chi connectivity index (χ1v) is 7.71. The molecule has 2 aromatic rings. The molecular weight excluding hydrogens is 322 g/mol. The lowest BCUT2D eigenvalue weighted by atomic mass is 10.1. The Kier molecular flexibility index (Phi) is 6.11. The van der Waals surface area contributed by atoms with Crippen LogP contribution in [0.3, 0.4) is 0 Å². The Labute approximate surface area is 145 Å². The van der Waals surface area contributed by atoms with Gasteiger partial charge >= 0.3 is 6.09 Å². The van der Waals surface area contributed by atoms with Crippen molar-refractivity contribution in [1.82, 2.24) is 10.9 Å². The molecule has 3 N–H and O–H groups in total. The third-order valence-corrected chi connectivity index (χ3v) is 3.27. The molecule has 7 nitrogen and oxygen atoms in total. The maximum absolute atomic E-state index is 12.0. The van der Waals surface area contributed by atoms with E-state index in [-0.39, 0.29) is 6.61 Å². The number of anilines is 1. The molecule has 0 heterocycles. The monoisotopic (exact) mass is 341 g/mol. The number of rotatable bonds is 4. The van der Waals surface area contributed by atoms with Crippen molar-refractivity contribution in [1.29, 1.82) is 0 Å². The van der Waals surface area contributed by atoms with Gasteiger partial charge in [0.05, 0.1) is 6.61 Å². The summed E-state index contributed by atoms with van der Waals surface area (Å²) >= 11 is 0. The van der Waals surface area contributed by atoms with Crippen LogP contribution in [0.2, 0.25) is 0 Å². The second-order valence-corrected chi connectivity index (χ2v) is 5.20. The maximum atomic E-state index is 12.0. The van der Waals surface area contributed by atoms with Crippen molar-refractivity contribution in [3.05, 3.63) is 65.2 Å². The average molecular weight is 341 g/mol. The summed E-state index contributed by atoms with van der Waals surface area (Å²) in [6.45, 7) is 3.90. The van der Waals surface area contributed by atoms with Crippen molar-refractivity contribution < 1.29 is 19.1 Å². The van der Waals surface area contributed by atoms with Gasteiger partial charge in [-0.2, -0.15) is 0 Å². The fourth-order valence-corrected chi connectivity index (χ4v) is 1.95. The summed E-state index contributed by atoms with van der Waals surface area (Å²) in [4.78, 5) is 35.3. The number of aryl methyl sites for hydroxylation is 1. The van der Waals surface area contributed by atoms with Gasteiger partial charge in [-0.25, -0.2) is 4.79 Å². The zero-order valence-corrected chi connectivity index (χ0v) is 14.0. The van der Waals surface area contributed by atoms with Crippen LogP contribution in [-0.4, -0.2) is 24.5 Å². The highest BCUT2D eigenvalue weighted by Crippen LogP contribution is 2.10. The summed E-state index contributed by atoms with van der Waals surface area (Å²) in [5, 5.41) is 2.52. The van der Waals surface area contributed by atoms with Crippen molar-refractivity contribution in [3.63, 3.8) is 0 Å². The highest BCUT2D eigenvalue weighted by molar-refractivity contribution is 5.99. The van der Waals surface area contributed by atoms with Gasteiger partial charge < -0.3 is 4.74 Å². The number of hydrazine groups is 1. The molecule has 25 heavy (non-hydrogen) atoms. The van der Waals surface area contributed by atoms with E-state index in [9.17, 15) is 14.4 Å². The van der Waals surface area contributed by atoms with Crippen LogP contribution in [0.5, 0.6) is 0 Å². The van der Waals surface area contributed by atoms with E-state index in [4.69, 9.17) is 4.74 Å². The van der Waals surface area contributed by atoms with Gasteiger partial charge in [-0.05, 0) is 50.2 Å². The summed E-state index contributed by atoms with van der Waals surface area (Å²) in [7, 11) is 0. The van der Waals surface area contributed by atoms with E-state index in [0.29, 0.717) is 16.8 Å². The Morgan fingerprint density at radius 3 is 1.80 bits per heavy atom. The van der Waals surface area contributed by atoms with Gasteiger partial charge in [0.2, 0.25) is 0 Å². The average Bonchev–Trinajstić information content (AvgIpc) is 2.61. The molecule has 0 atom stereocenters. The molecule has 0 aromatic heterocycles. The van der Waals surface area contributed by atoms with Crippen molar-refractivity contribution in [2.75, 3.05) is 11.9 Å². The number of carbonyl (C=O) groups is 3. The lowest BCUT2D eigenvalue weighted by Gasteiger charge is -2.09. The van der Waals surface area contributed by atoms with Crippen LogP contribution >= 0.6 is 0 Å². The van der Waals surface area contributed by atoms with Crippen molar-refractivity contribution in [2.24, 2.45) is 0 Å². The van der Waals surface area contributed by atoms with E-state index in [2.05, 4.69) is 16.2 Å². The van der Waals surface area contributed by atoms with Gasteiger partial charge in [0.15, 0.2) is 0 Å². The Morgan fingerprint density at radius 2 is 1.32 bits per heavy atom. The van der Waals surface area contributed by atoms with Gasteiger partial charge in [0.25, 0.3) is 11.8 Å². The summed E-state index contributed by atoms with van der Waals surface area (Å²) in [6.07, 6.45) is -0.565. The predicted molar refractivity (Wildman–Crippen MR) is 93.2 cm³/mol. The minimum absolute atomic E-state index is 0.271. The highest BCUT2D eigenvalue weighted by Gasteiger charge is 2.09. The number of ether oxygens (including phenoxy) is 1. The van der Waals surface area contributed by atoms with Crippen LogP contribution in [0, 0.1) is 6.92 Å². The van der Waals surface area contributed by atoms with Gasteiger partial charge in [0.1, 0.15) is 0 Å². The Bertz CT molecular complexity index is 755. The first kappa shape index (κ1) is 18.0. The minimum atomic E-state index is -0.565. The smallest absolute Gasteiger partial charge is 0.411 e. The third-order valence-electron chi connectivity index (χ3n) is 3.27. The fourth-order valence-electron chi connectivity index (χ4n) is 1.95. The highest BCUT2D eigenvalue weighted by atomic mass is 16.5. The number of hydrogen-bond donors (Lipinski definition) is 3. The molecule has 3 amide bonds. The molecule has 2 aromatic carbocycles. The molecule has 0 saturated heterocycles. The van der Waals surface area contributed by atoms with Gasteiger partial charge in [0, 0.05) is 16.8 Å². The van der Waals surface area contributed by atoms with Crippen LogP contribution in [0.1, 0.15) is 33.2 Å². The predicted octanol–water partition coefficient (Wildman–Crippen LogP) is 2.64. The maximum Gasteiger partial charge on any atom is 0.411 e. The molecule has 130 valence electrons. The van der Waals surface area contributed by atoms with Crippen LogP contribution in [0.25, 0.3) is 0 Å². The van der Waals surface area contributed by atoms with E-state index in [1.165, 1.54) is 12.1 Å². The Hall–Kier alpha value is -3.35. The van der Waals surface area contributed by atoms with Gasteiger partial charge in [-0.1, -0.05) is 17.7 Å². The zero-order valence-electron chi connectivity index (χ0n) is 14.0. The van der Waals surface area contributed by atoms with Crippen LogP contribution < -0.4 is 16.2 Å². The van der Waals surface area contributed by atoms with E-state index in [0.717, 1.165) is 5.56 Å². The number of nitrogens with one attached hydrogen (secondary N) is 3. The molecule has 0 spiro atoms. The van der Waals surface area contributed by atoms with Crippen molar-refractivity contribution in [2.45, 2.75) is 13.8 Å². The van der Waals surface area contributed by atoms with Crippen LogP contribution in [0.4, 0.5) is 10.5 Å². The third kappa shape index (κ3) is 5.35. The van der Waals surface area contributed by atoms with Crippen LogP contribution in [-0.2, 0) is 4.74 Å². The lowest BCUT2D eigenvalue weighted by Crippen LogP contribution is -2.41. The molecule has 7 heteroatoms. The Morgan fingerprint density at radius 1 is 0.840 bits per heavy atom. The molecule has 0 bridgehead atoms. The zero-order chi connectivity index (χ0) is 18.2. The van der Waals surface area contributed by atoms with Gasteiger partial charge in [-0.15, -0.1) is 0 Å². The number of hydrogen-bond acceptors (Lipinski definition) is 4. The van der Waals surface area contributed by atoms with E-state index >= 15 is 0 Å². The first-order valence-electron chi connectivity index (χ1n) is 7.71. The van der Waals surface area contributed by atoms with E-state index in [1.807, 2.05) is 19.1 Å².